The molecule has 1 atom stereocenters. The lowest BCUT2D eigenvalue weighted by atomic mass is 10.1. The minimum Gasteiger partial charge on any atom is -0.384 e. The SMILES string of the molecule is Cc1ccc(C(C)Nc2cc(C(F)(F)F)cc(N)n2)cc1. The van der Waals surface area contributed by atoms with E-state index >= 15 is 0 Å². The highest BCUT2D eigenvalue weighted by molar-refractivity contribution is 5.48. The molecule has 1 aromatic heterocycles. The summed E-state index contributed by atoms with van der Waals surface area (Å²) in [6, 6.07) is 9.33. The molecule has 0 bridgehead atoms. The maximum atomic E-state index is 12.7. The first kappa shape index (κ1) is 15.2. The van der Waals surface area contributed by atoms with Crippen LogP contribution in [0.3, 0.4) is 0 Å². The van der Waals surface area contributed by atoms with Gasteiger partial charge in [-0.2, -0.15) is 13.2 Å². The molecule has 0 aliphatic carbocycles. The Kier molecular flexibility index (Phi) is 4.06. The molecule has 0 fully saturated rings. The topological polar surface area (TPSA) is 50.9 Å². The molecule has 0 saturated carbocycles. The van der Waals surface area contributed by atoms with E-state index in [1.165, 1.54) is 0 Å². The zero-order chi connectivity index (χ0) is 15.6. The second-order valence-electron chi connectivity index (χ2n) is 4.94. The highest BCUT2D eigenvalue weighted by Crippen LogP contribution is 2.32. The Labute approximate surface area is 121 Å². The van der Waals surface area contributed by atoms with Crippen LogP contribution < -0.4 is 11.1 Å². The third-order valence-electron chi connectivity index (χ3n) is 3.11. The quantitative estimate of drug-likeness (QED) is 0.893. The van der Waals surface area contributed by atoms with Crippen LogP contribution in [0.4, 0.5) is 24.8 Å². The minimum absolute atomic E-state index is 0.107. The smallest absolute Gasteiger partial charge is 0.384 e. The largest absolute Gasteiger partial charge is 0.416 e. The van der Waals surface area contributed by atoms with Crippen molar-refractivity contribution in [3.8, 4) is 0 Å². The van der Waals surface area contributed by atoms with Gasteiger partial charge < -0.3 is 11.1 Å². The lowest BCUT2D eigenvalue weighted by Crippen LogP contribution is -2.12. The zero-order valence-electron chi connectivity index (χ0n) is 11.7. The van der Waals surface area contributed by atoms with Crippen LogP contribution in [0.1, 0.15) is 29.7 Å². The van der Waals surface area contributed by atoms with E-state index in [-0.39, 0.29) is 17.7 Å². The fourth-order valence-corrected chi connectivity index (χ4v) is 1.95. The Bertz CT molecular complexity index is 621. The molecule has 0 aliphatic rings. The molecule has 21 heavy (non-hydrogen) atoms. The van der Waals surface area contributed by atoms with Gasteiger partial charge in [0.1, 0.15) is 11.6 Å². The van der Waals surface area contributed by atoms with E-state index in [0.29, 0.717) is 0 Å². The summed E-state index contributed by atoms with van der Waals surface area (Å²) in [7, 11) is 0. The molecule has 0 radical (unpaired) electrons. The van der Waals surface area contributed by atoms with Crippen LogP contribution in [0.15, 0.2) is 36.4 Å². The van der Waals surface area contributed by atoms with Crippen molar-refractivity contribution in [3.63, 3.8) is 0 Å². The van der Waals surface area contributed by atoms with Gasteiger partial charge in [0.05, 0.1) is 5.56 Å². The van der Waals surface area contributed by atoms with Gasteiger partial charge in [0.2, 0.25) is 0 Å². The van der Waals surface area contributed by atoms with E-state index in [1.54, 1.807) is 0 Å². The molecule has 3 nitrogen and oxygen atoms in total. The lowest BCUT2D eigenvalue weighted by molar-refractivity contribution is -0.137. The van der Waals surface area contributed by atoms with Gasteiger partial charge >= 0.3 is 6.18 Å². The Morgan fingerprint density at radius 3 is 2.33 bits per heavy atom. The van der Waals surface area contributed by atoms with Crippen molar-refractivity contribution >= 4 is 11.6 Å². The van der Waals surface area contributed by atoms with Crippen LogP contribution in [0.25, 0.3) is 0 Å². The average molecular weight is 295 g/mol. The van der Waals surface area contributed by atoms with Gasteiger partial charge in [0, 0.05) is 6.04 Å². The molecule has 0 amide bonds. The summed E-state index contributed by atoms with van der Waals surface area (Å²) in [5.41, 5.74) is 6.70. The summed E-state index contributed by atoms with van der Waals surface area (Å²) in [6.07, 6.45) is -4.44. The predicted octanol–water partition coefficient (Wildman–Crippen LogP) is 4.16. The summed E-state index contributed by atoms with van der Waals surface area (Å²) >= 11 is 0. The van der Waals surface area contributed by atoms with Crippen LogP contribution in [-0.4, -0.2) is 4.98 Å². The number of nitrogens with two attached hydrogens (primary N) is 1. The highest BCUT2D eigenvalue weighted by Gasteiger charge is 2.31. The van der Waals surface area contributed by atoms with E-state index < -0.39 is 11.7 Å². The van der Waals surface area contributed by atoms with Crippen molar-refractivity contribution in [2.24, 2.45) is 0 Å². The molecule has 1 heterocycles. The Hall–Kier alpha value is -2.24. The molecule has 6 heteroatoms. The molecular formula is C15H16F3N3. The second kappa shape index (κ2) is 5.63. The first-order chi connectivity index (χ1) is 9.75. The van der Waals surface area contributed by atoms with E-state index in [9.17, 15) is 13.2 Å². The summed E-state index contributed by atoms with van der Waals surface area (Å²) in [5, 5.41) is 2.94. The molecule has 1 aromatic carbocycles. The molecule has 1 unspecified atom stereocenters. The monoisotopic (exact) mass is 295 g/mol. The summed E-state index contributed by atoms with van der Waals surface area (Å²) in [5.74, 6) is -0.0566. The molecule has 0 aliphatic heterocycles. The number of nitrogen functional groups attached to an aromatic ring is 1. The number of anilines is 2. The van der Waals surface area contributed by atoms with Crippen molar-refractivity contribution < 1.29 is 13.2 Å². The number of halogens is 3. The molecular weight excluding hydrogens is 279 g/mol. The molecule has 2 aromatic rings. The standard InChI is InChI=1S/C15H16F3N3/c1-9-3-5-11(6-4-9)10(2)20-14-8-12(15(16,17)18)7-13(19)21-14/h3-8,10H,1-2H3,(H3,19,20,21). The number of alkyl halides is 3. The summed E-state index contributed by atoms with van der Waals surface area (Å²) in [4.78, 5) is 3.90. The number of nitrogens with zero attached hydrogens (tertiary/aromatic N) is 1. The molecule has 3 N–H and O–H groups in total. The van der Waals surface area contributed by atoms with Gasteiger partial charge in [-0.1, -0.05) is 29.8 Å². The van der Waals surface area contributed by atoms with E-state index in [1.807, 2.05) is 38.1 Å². The van der Waals surface area contributed by atoms with E-state index in [2.05, 4.69) is 10.3 Å². The lowest BCUT2D eigenvalue weighted by Gasteiger charge is -2.17. The Morgan fingerprint density at radius 2 is 1.76 bits per heavy atom. The van der Waals surface area contributed by atoms with Gasteiger partial charge in [-0.05, 0) is 31.5 Å². The van der Waals surface area contributed by atoms with Crippen LogP contribution in [0.5, 0.6) is 0 Å². The summed E-state index contributed by atoms with van der Waals surface area (Å²) < 4.78 is 38.2. The average Bonchev–Trinajstić information content (AvgIpc) is 2.37. The highest BCUT2D eigenvalue weighted by atomic mass is 19.4. The summed E-state index contributed by atoms with van der Waals surface area (Å²) in [6.45, 7) is 3.82. The molecule has 112 valence electrons. The number of benzene rings is 1. The van der Waals surface area contributed by atoms with Gasteiger partial charge in [0.25, 0.3) is 0 Å². The Morgan fingerprint density at radius 1 is 1.14 bits per heavy atom. The van der Waals surface area contributed by atoms with Crippen LogP contribution in [-0.2, 0) is 6.18 Å². The van der Waals surface area contributed by atoms with Crippen LogP contribution in [0.2, 0.25) is 0 Å². The van der Waals surface area contributed by atoms with Crippen molar-refractivity contribution in [3.05, 3.63) is 53.1 Å². The zero-order valence-corrected chi connectivity index (χ0v) is 11.7. The molecule has 2 rings (SSSR count). The van der Waals surface area contributed by atoms with Gasteiger partial charge in [-0.15, -0.1) is 0 Å². The van der Waals surface area contributed by atoms with E-state index in [0.717, 1.165) is 23.3 Å². The molecule has 0 saturated heterocycles. The number of pyridine rings is 1. The van der Waals surface area contributed by atoms with Gasteiger partial charge in [-0.25, -0.2) is 4.98 Å². The maximum absolute atomic E-state index is 12.7. The fraction of sp³-hybridized carbons (Fsp3) is 0.267. The van der Waals surface area contributed by atoms with Crippen molar-refractivity contribution in [1.29, 1.82) is 0 Å². The van der Waals surface area contributed by atoms with Gasteiger partial charge in [0.15, 0.2) is 0 Å². The van der Waals surface area contributed by atoms with E-state index in [4.69, 9.17) is 5.73 Å². The normalized spacial score (nSPS) is 13.0. The van der Waals surface area contributed by atoms with Crippen molar-refractivity contribution in [2.75, 3.05) is 11.1 Å². The number of nitrogens with one attached hydrogen (secondary N) is 1. The Balaban J connectivity index is 2.23. The minimum atomic E-state index is -4.44. The first-order valence-electron chi connectivity index (χ1n) is 6.43. The number of hydrogen-bond donors (Lipinski definition) is 2. The molecule has 0 spiro atoms. The number of aromatic nitrogens is 1. The fourth-order valence-electron chi connectivity index (χ4n) is 1.95. The van der Waals surface area contributed by atoms with Crippen LogP contribution in [0, 0.1) is 6.92 Å². The number of hydrogen-bond acceptors (Lipinski definition) is 3. The van der Waals surface area contributed by atoms with Crippen LogP contribution >= 0.6 is 0 Å². The van der Waals surface area contributed by atoms with Gasteiger partial charge in [-0.3, -0.25) is 0 Å². The van der Waals surface area contributed by atoms with Crippen molar-refractivity contribution in [1.82, 2.24) is 4.98 Å². The predicted molar refractivity (Wildman–Crippen MR) is 76.9 cm³/mol. The maximum Gasteiger partial charge on any atom is 0.416 e. The third kappa shape index (κ3) is 3.87. The number of rotatable bonds is 3. The number of aryl methyl sites for hydroxylation is 1. The van der Waals surface area contributed by atoms with Crippen molar-refractivity contribution in [2.45, 2.75) is 26.1 Å². The third-order valence-corrected chi connectivity index (χ3v) is 3.11. The second-order valence-corrected chi connectivity index (χ2v) is 4.94. The first-order valence-corrected chi connectivity index (χ1v) is 6.43.